The van der Waals surface area contributed by atoms with Crippen LogP contribution in [0.2, 0.25) is 0 Å². The zero-order chi connectivity index (χ0) is 14.1. The molecule has 1 aliphatic rings. The lowest BCUT2D eigenvalue weighted by Gasteiger charge is -2.27. The predicted octanol–water partition coefficient (Wildman–Crippen LogP) is 3.60. The first-order valence-corrected chi connectivity index (χ1v) is 7.52. The standard InChI is InChI=1S/C18H23NO/c1-13(14-7-8-14)19(2)12-18(20)17-10-9-15-5-3-4-6-16(15)11-17/h3-6,9-11,13-14,18,20H,7-8,12H2,1-2H3. The third kappa shape index (κ3) is 2.87. The summed E-state index contributed by atoms with van der Waals surface area (Å²) < 4.78 is 0. The zero-order valence-corrected chi connectivity index (χ0v) is 12.3. The van der Waals surface area contributed by atoms with Gasteiger partial charge in [0.25, 0.3) is 0 Å². The average Bonchev–Trinajstić information content (AvgIpc) is 3.30. The lowest BCUT2D eigenvalue weighted by Crippen LogP contribution is -2.34. The molecule has 3 rings (SSSR count). The molecule has 1 N–H and O–H groups in total. The maximum Gasteiger partial charge on any atom is 0.0917 e. The molecule has 1 aliphatic carbocycles. The topological polar surface area (TPSA) is 23.5 Å². The van der Waals surface area contributed by atoms with Gasteiger partial charge in [0.15, 0.2) is 0 Å². The molecular weight excluding hydrogens is 246 g/mol. The first kappa shape index (κ1) is 13.6. The molecule has 1 fully saturated rings. The van der Waals surface area contributed by atoms with Crippen LogP contribution in [-0.4, -0.2) is 29.6 Å². The molecule has 2 aromatic carbocycles. The summed E-state index contributed by atoms with van der Waals surface area (Å²) in [6.07, 6.45) is 2.28. The molecule has 2 heteroatoms. The van der Waals surface area contributed by atoms with Crippen LogP contribution in [0.15, 0.2) is 42.5 Å². The van der Waals surface area contributed by atoms with Gasteiger partial charge in [0.2, 0.25) is 0 Å². The quantitative estimate of drug-likeness (QED) is 0.896. The molecule has 0 aliphatic heterocycles. The third-order valence-electron chi connectivity index (χ3n) is 4.62. The highest BCUT2D eigenvalue weighted by molar-refractivity contribution is 5.83. The van der Waals surface area contributed by atoms with Crippen molar-refractivity contribution in [2.45, 2.75) is 31.9 Å². The van der Waals surface area contributed by atoms with E-state index in [2.05, 4.69) is 43.1 Å². The number of fused-ring (bicyclic) bond motifs is 1. The maximum absolute atomic E-state index is 10.5. The predicted molar refractivity (Wildman–Crippen MR) is 83.7 cm³/mol. The number of benzene rings is 2. The highest BCUT2D eigenvalue weighted by atomic mass is 16.3. The monoisotopic (exact) mass is 269 g/mol. The lowest BCUT2D eigenvalue weighted by molar-refractivity contribution is 0.103. The number of nitrogens with zero attached hydrogens (tertiary/aromatic N) is 1. The summed E-state index contributed by atoms with van der Waals surface area (Å²) in [5.41, 5.74) is 1.01. The van der Waals surface area contributed by atoms with Crippen LogP contribution in [0.5, 0.6) is 0 Å². The largest absolute Gasteiger partial charge is 0.387 e. The van der Waals surface area contributed by atoms with Gasteiger partial charge < -0.3 is 10.0 Å². The van der Waals surface area contributed by atoms with E-state index < -0.39 is 6.10 Å². The van der Waals surface area contributed by atoms with E-state index in [4.69, 9.17) is 0 Å². The van der Waals surface area contributed by atoms with Gasteiger partial charge in [0, 0.05) is 12.6 Å². The SMILES string of the molecule is CC(C1CC1)N(C)CC(O)c1ccc2ccccc2c1. The highest BCUT2D eigenvalue weighted by Gasteiger charge is 2.31. The summed E-state index contributed by atoms with van der Waals surface area (Å²) in [7, 11) is 2.12. The summed E-state index contributed by atoms with van der Waals surface area (Å²) in [5, 5.41) is 12.9. The zero-order valence-electron chi connectivity index (χ0n) is 12.3. The Morgan fingerprint density at radius 3 is 2.55 bits per heavy atom. The van der Waals surface area contributed by atoms with Crippen LogP contribution in [0.1, 0.15) is 31.4 Å². The molecule has 0 heterocycles. The minimum Gasteiger partial charge on any atom is -0.387 e. The van der Waals surface area contributed by atoms with E-state index in [0.29, 0.717) is 12.6 Å². The van der Waals surface area contributed by atoms with Crippen LogP contribution in [0, 0.1) is 5.92 Å². The molecule has 2 unspecified atom stereocenters. The molecule has 0 aromatic heterocycles. The van der Waals surface area contributed by atoms with Gasteiger partial charge in [0.05, 0.1) is 6.10 Å². The highest BCUT2D eigenvalue weighted by Crippen LogP contribution is 2.35. The van der Waals surface area contributed by atoms with Gasteiger partial charge in [-0.15, -0.1) is 0 Å². The van der Waals surface area contributed by atoms with E-state index in [9.17, 15) is 5.11 Å². The number of likely N-dealkylation sites (N-methyl/N-ethyl adjacent to an activating group) is 1. The minimum atomic E-state index is -0.411. The second kappa shape index (κ2) is 5.55. The van der Waals surface area contributed by atoms with Crippen LogP contribution in [0.3, 0.4) is 0 Å². The van der Waals surface area contributed by atoms with Crippen molar-refractivity contribution in [3.63, 3.8) is 0 Å². The van der Waals surface area contributed by atoms with Crippen molar-refractivity contribution in [1.29, 1.82) is 0 Å². The van der Waals surface area contributed by atoms with Crippen LogP contribution in [-0.2, 0) is 0 Å². The summed E-state index contributed by atoms with van der Waals surface area (Å²) in [5.74, 6) is 0.837. The van der Waals surface area contributed by atoms with Gasteiger partial charge in [-0.1, -0.05) is 36.4 Å². The normalized spacial score (nSPS) is 18.4. The van der Waals surface area contributed by atoms with Crippen molar-refractivity contribution in [3.8, 4) is 0 Å². The van der Waals surface area contributed by atoms with Crippen molar-refractivity contribution >= 4 is 10.8 Å². The van der Waals surface area contributed by atoms with E-state index in [1.165, 1.54) is 23.6 Å². The van der Waals surface area contributed by atoms with Gasteiger partial charge in [-0.25, -0.2) is 0 Å². The van der Waals surface area contributed by atoms with Crippen molar-refractivity contribution in [1.82, 2.24) is 4.90 Å². The summed E-state index contributed by atoms with van der Waals surface area (Å²) in [6.45, 7) is 2.97. The summed E-state index contributed by atoms with van der Waals surface area (Å²) in [6, 6.07) is 15.1. The van der Waals surface area contributed by atoms with E-state index in [0.717, 1.165) is 11.5 Å². The van der Waals surface area contributed by atoms with Crippen LogP contribution < -0.4 is 0 Å². The second-order valence-corrected chi connectivity index (χ2v) is 6.14. The van der Waals surface area contributed by atoms with Gasteiger partial charge >= 0.3 is 0 Å². The van der Waals surface area contributed by atoms with Gasteiger partial charge in [-0.05, 0) is 55.1 Å². The van der Waals surface area contributed by atoms with Crippen molar-refractivity contribution in [2.75, 3.05) is 13.6 Å². The third-order valence-corrected chi connectivity index (χ3v) is 4.62. The molecule has 0 spiro atoms. The number of hydrogen-bond acceptors (Lipinski definition) is 2. The van der Waals surface area contributed by atoms with E-state index >= 15 is 0 Å². The van der Waals surface area contributed by atoms with Crippen molar-refractivity contribution < 1.29 is 5.11 Å². The Balaban J connectivity index is 1.72. The molecule has 0 radical (unpaired) electrons. The molecule has 20 heavy (non-hydrogen) atoms. The molecule has 1 saturated carbocycles. The Hall–Kier alpha value is -1.38. The number of aliphatic hydroxyl groups excluding tert-OH is 1. The van der Waals surface area contributed by atoms with Crippen molar-refractivity contribution in [2.24, 2.45) is 5.92 Å². The molecule has 0 saturated heterocycles. The fraction of sp³-hybridized carbons (Fsp3) is 0.444. The number of aliphatic hydroxyl groups is 1. The molecule has 0 amide bonds. The molecule has 0 bridgehead atoms. The average molecular weight is 269 g/mol. The molecular formula is C18H23NO. The number of hydrogen-bond donors (Lipinski definition) is 1. The van der Waals surface area contributed by atoms with Crippen LogP contribution >= 0.6 is 0 Å². The Kier molecular flexibility index (Phi) is 3.77. The smallest absolute Gasteiger partial charge is 0.0917 e. The van der Waals surface area contributed by atoms with Crippen LogP contribution in [0.25, 0.3) is 10.8 Å². The van der Waals surface area contributed by atoms with Gasteiger partial charge in [-0.3, -0.25) is 0 Å². The Bertz CT molecular complexity index is 591. The first-order chi connectivity index (χ1) is 9.65. The first-order valence-electron chi connectivity index (χ1n) is 7.52. The molecule has 106 valence electrons. The maximum atomic E-state index is 10.5. The minimum absolute atomic E-state index is 0.411. The molecule has 2 aromatic rings. The molecule has 2 nitrogen and oxygen atoms in total. The fourth-order valence-electron chi connectivity index (χ4n) is 2.90. The Morgan fingerprint density at radius 2 is 1.85 bits per heavy atom. The van der Waals surface area contributed by atoms with E-state index in [-0.39, 0.29) is 0 Å². The second-order valence-electron chi connectivity index (χ2n) is 6.14. The summed E-state index contributed by atoms with van der Waals surface area (Å²) >= 11 is 0. The van der Waals surface area contributed by atoms with E-state index in [1.54, 1.807) is 0 Å². The molecule has 2 atom stereocenters. The number of rotatable bonds is 5. The van der Waals surface area contributed by atoms with Gasteiger partial charge in [-0.2, -0.15) is 0 Å². The summed E-state index contributed by atoms with van der Waals surface area (Å²) in [4.78, 5) is 2.29. The fourth-order valence-corrected chi connectivity index (χ4v) is 2.90. The van der Waals surface area contributed by atoms with Crippen LogP contribution in [0.4, 0.5) is 0 Å². The van der Waals surface area contributed by atoms with Crippen molar-refractivity contribution in [3.05, 3.63) is 48.0 Å². The lowest BCUT2D eigenvalue weighted by atomic mass is 10.0. The van der Waals surface area contributed by atoms with Gasteiger partial charge in [0.1, 0.15) is 0 Å². The Labute approximate surface area is 121 Å². The van der Waals surface area contributed by atoms with E-state index in [1.807, 2.05) is 18.2 Å². The Morgan fingerprint density at radius 1 is 1.15 bits per heavy atom.